The summed E-state index contributed by atoms with van der Waals surface area (Å²) in [5.74, 6) is -0.414. The van der Waals surface area contributed by atoms with Crippen molar-refractivity contribution in [2.75, 3.05) is 5.73 Å². The van der Waals surface area contributed by atoms with Gasteiger partial charge in [-0.2, -0.15) is 18.2 Å². The van der Waals surface area contributed by atoms with E-state index in [9.17, 15) is 33.0 Å². The molecule has 1 saturated heterocycles. The molecule has 3 rings (SSSR count). The van der Waals surface area contributed by atoms with E-state index in [4.69, 9.17) is 10.5 Å². The Morgan fingerprint density at radius 1 is 1.44 bits per heavy atom. The molecule has 1 aliphatic rings. The molecule has 0 saturated carbocycles. The van der Waals surface area contributed by atoms with Crippen LogP contribution in [0.2, 0.25) is 0 Å². The lowest BCUT2D eigenvalue weighted by molar-refractivity contribution is -0.140. The SMILES string of the molecule is CCC(O)[C@@H]1C[C@@H](O)[C@H](n2c(=O)n(CC(F)(F)F)c3c(=O)[nH]c(N)nc32)O1. The number of hydrogen-bond acceptors (Lipinski definition) is 7. The van der Waals surface area contributed by atoms with Crippen molar-refractivity contribution in [2.45, 2.75) is 57.0 Å². The first-order valence-corrected chi connectivity index (χ1v) is 8.12. The van der Waals surface area contributed by atoms with E-state index >= 15 is 0 Å². The van der Waals surface area contributed by atoms with E-state index in [0.717, 1.165) is 0 Å². The van der Waals surface area contributed by atoms with Crippen molar-refractivity contribution >= 4 is 17.1 Å². The number of aliphatic hydroxyl groups excluding tert-OH is 2. The maximum Gasteiger partial charge on any atom is 0.406 e. The molecule has 0 amide bonds. The third-order valence-electron chi connectivity index (χ3n) is 4.39. The number of fused-ring (bicyclic) bond motifs is 1. The Morgan fingerprint density at radius 3 is 2.70 bits per heavy atom. The Labute approximate surface area is 149 Å². The number of aliphatic hydroxyl groups is 2. The fraction of sp³-hybridized carbons (Fsp3) is 0.643. The molecule has 10 nitrogen and oxygen atoms in total. The predicted octanol–water partition coefficient (Wildman–Crippen LogP) is -0.550. The van der Waals surface area contributed by atoms with E-state index in [1.54, 1.807) is 6.92 Å². The van der Waals surface area contributed by atoms with E-state index < -0.39 is 65.6 Å². The van der Waals surface area contributed by atoms with Crippen molar-refractivity contribution in [2.24, 2.45) is 0 Å². The first-order chi connectivity index (χ1) is 12.5. The summed E-state index contributed by atoms with van der Waals surface area (Å²) < 4.78 is 45.1. The summed E-state index contributed by atoms with van der Waals surface area (Å²) >= 11 is 0. The number of alkyl halides is 3. The summed E-state index contributed by atoms with van der Waals surface area (Å²) in [6, 6.07) is 0. The third-order valence-corrected chi connectivity index (χ3v) is 4.39. The molecule has 2 aromatic heterocycles. The average molecular weight is 393 g/mol. The van der Waals surface area contributed by atoms with Gasteiger partial charge >= 0.3 is 11.9 Å². The van der Waals surface area contributed by atoms with Gasteiger partial charge in [0, 0.05) is 6.42 Å². The lowest BCUT2D eigenvalue weighted by Crippen LogP contribution is -2.35. The molecule has 1 fully saturated rings. The van der Waals surface area contributed by atoms with Crippen LogP contribution in [0.1, 0.15) is 26.0 Å². The van der Waals surface area contributed by atoms with Gasteiger partial charge in [0.05, 0.1) is 12.2 Å². The molecule has 2 aromatic rings. The number of halogens is 3. The molecule has 3 heterocycles. The molecule has 4 atom stereocenters. The van der Waals surface area contributed by atoms with E-state index in [0.29, 0.717) is 11.0 Å². The zero-order valence-corrected chi connectivity index (χ0v) is 14.1. The second-order valence-corrected chi connectivity index (χ2v) is 6.32. The number of imidazole rings is 1. The summed E-state index contributed by atoms with van der Waals surface area (Å²) in [5, 5.41) is 20.2. The molecule has 27 heavy (non-hydrogen) atoms. The Hall–Kier alpha value is -2.38. The van der Waals surface area contributed by atoms with Crippen molar-refractivity contribution in [3.05, 3.63) is 20.8 Å². The van der Waals surface area contributed by atoms with Crippen LogP contribution in [0.15, 0.2) is 9.59 Å². The van der Waals surface area contributed by atoms with Crippen LogP contribution in [0.5, 0.6) is 0 Å². The van der Waals surface area contributed by atoms with Gasteiger partial charge in [0.1, 0.15) is 12.6 Å². The Kier molecular flexibility index (Phi) is 4.78. The van der Waals surface area contributed by atoms with Crippen molar-refractivity contribution in [3.63, 3.8) is 0 Å². The smallest absolute Gasteiger partial charge is 0.390 e. The van der Waals surface area contributed by atoms with Gasteiger partial charge in [0.25, 0.3) is 5.56 Å². The Balaban J connectivity index is 2.20. The fourth-order valence-corrected chi connectivity index (χ4v) is 3.18. The fourth-order valence-electron chi connectivity index (χ4n) is 3.18. The monoisotopic (exact) mass is 393 g/mol. The number of nitrogens with zero attached hydrogens (tertiary/aromatic N) is 3. The highest BCUT2D eigenvalue weighted by Crippen LogP contribution is 2.32. The van der Waals surface area contributed by atoms with Gasteiger partial charge in [-0.25, -0.2) is 9.36 Å². The van der Waals surface area contributed by atoms with Crippen LogP contribution in [-0.2, 0) is 11.3 Å². The number of aromatic nitrogens is 4. The van der Waals surface area contributed by atoms with Crippen LogP contribution >= 0.6 is 0 Å². The van der Waals surface area contributed by atoms with Crippen molar-refractivity contribution in [1.82, 2.24) is 19.1 Å². The van der Waals surface area contributed by atoms with Crippen LogP contribution in [0.4, 0.5) is 19.1 Å². The molecule has 0 bridgehead atoms. The number of nitrogen functional groups attached to an aromatic ring is 1. The van der Waals surface area contributed by atoms with Crippen molar-refractivity contribution < 1.29 is 28.1 Å². The van der Waals surface area contributed by atoms with Gasteiger partial charge in [-0.3, -0.25) is 14.3 Å². The molecule has 0 radical (unpaired) electrons. The second kappa shape index (κ2) is 6.65. The minimum absolute atomic E-state index is 0.0449. The molecule has 0 aliphatic carbocycles. The van der Waals surface area contributed by atoms with Gasteiger partial charge in [0.15, 0.2) is 17.4 Å². The summed E-state index contributed by atoms with van der Waals surface area (Å²) in [6.45, 7) is -0.0508. The van der Waals surface area contributed by atoms with Crippen LogP contribution in [0.25, 0.3) is 11.2 Å². The van der Waals surface area contributed by atoms with Gasteiger partial charge in [-0.1, -0.05) is 6.92 Å². The molecule has 1 unspecified atom stereocenters. The zero-order valence-electron chi connectivity index (χ0n) is 14.1. The second-order valence-electron chi connectivity index (χ2n) is 6.32. The number of anilines is 1. The number of nitrogens with one attached hydrogen (secondary N) is 1. The molecule has 150 valence electrons. The largest absolute Gasteiger partial charge is 0.406 e. The number of H-pyrrole nitrogens is 1. The number of hydrogen-bond donors (Lipinski definition) is 4. The zero-order chi connectivity index (χ0) is 20.1. The lowest BCUT2D eigenvalue weighted by atomic mass is 10.1. The maximum absolute atomic E-state index is 12.9. The molecule has 0 spiro atoms. The van der Waals surface area contributed by atoms with Gasteiger partial charge in [0.2, 0.25) is 5.95 Å². The molecular formula is C14H18F3N5O5. The Bertz CT molecular complexity index is 965. The van der Waals surface area contributed by atoms with Crippen LogP contribution in [0, 0.1) is 0 Å². The number of nitrogens with two attached hydrogens (primary N) is 1. The van der Waals surface area contributed by atoms with Crippen LogP contribution in [-0.4, -0.2) is 53.8 Å². The van der Waals surface area contributed by atoms with Crippen LogP contribution < -0.4 is 17.0 Å². The molecule has 1 aliphatic heterocycles. The van der Waals surface area contributed by atoms with E-state index in [1.807, 2.05) is 4.98 Å². The third kappa shape index (κ3) is 3.44. The van der Waals surface area contributed by atoms with Gasteiger partial charge in [-0.05, 0) is 6.42 Å². The highest BCUT2D eigenvalue weighted by molar-refractivity contribution is 5.71. The first kappa shape index (κ1) is 19.4. The van der Waals surface area contributed by atoms with Gasteiger partial charge in [-0.15, -0.1) is 0 Å². The highest BCUT2D eigenvalue weighted by atomic mass is 19.4. The van der Waals surface area contributed by atoms with E-state index in [-0.39, 0.29) is 11.0 Å². The van der Waals surface area contributed by atoms with Crippen molar-refractivity contribution in [3.8, 4) is 0 Å². The minimum atomic E-state index is -4.78. The summed E-state index contributed by atoms with van der Waals surface area (Å²) in [6.07, 6.45) is -9.02. The maximum atomic E-state index is 12.9. The van der Waals surface area contributed by atoms with E-state index in [1.165, 1.54) is 0 Å². The Morgan fingerprint density at radius 2 is 2.11 bits per heavy atom. The first-order valence-electron chi connectivity index (χ1n) is 8.12. The summed E-state index contributed by atoms with van der Waals surface area (Å²) in [5.41, 5.74) is 2.11. The molecule has 5 N–H and O–H groups in total. The normalized spacial score (nSPS) is 24.6. The number of aromatic amines is 1. The molecular weight excluding hydrogens is 375 g/mol. The number of ether oxygens (including phenoxy) is 1. The highest BCUT2D eigenvalue weighted by Gasteiger charge is 2.41. The van der Waals surface area contributed by atoms with Crippen LogP contribution in [0.3, 0.4) is 0 Å². The summed E-state index contributed by atoms with van der Waals surface area (Å²) in [7, 11) is 0. The van der Waals surface area contributed by atoms with Crippen molar-refractivity contribution in [1.29, 1.82) is 0 Å². The van der Waals surface area contributed by atoms with E-state index in [2.05, 4.69) is 4.98 Å². The topological polar surface area (TPSA) is 148 Å². The van der Waals surface area contributed by atoms with Gasteiger partial charge < -0.3 is 20.7 Å². The standard InChI is InChI=1S/C14H18F3N5O5/c1-2-5(23)7-3-6(24)11(27-7)22-9-8(10(25)20-12(18)19-9)21(13(22)26)4-14(15,16)17/h5-7,11,23-24H,2-4H2,1H3,(H3,18,19,20,25)/t5?,6-,7+,11-/m1/s1. The average Bonchev–Trinajstić information content (AvgIpc) is 3.04. The molecule has 13 heteroatoms. The summed E-state index contributed by atoms with van der Waals surface area (Å²) in [4.78, 5) is 30.6. The number of rotatable bonds is 4. The predicted molar refractivity (Wildman–Crippen MR) is 85.9 cm³/mol. The molecule has 0 aromatic carbocycles. The minimum Gasteiger partial charge on any atom is -0.390 e. The quantitative estimate of drug-likeness (QED) is 0.545. The lowest BCUT2D eigenvalue weighted by Gasteiger charge is -2.18.